The molecule has 4 nitrogen and oxygen atoms in total. The van der Waals surface area contributed by atoms with Crippen LogP contribution in [0, 0.1) is 28.5 Å². The predicted molar refractivity (Wildman–Crippen MR) is 76.1 cm³/mol. The van der Waals surface area contributed by atoms with Gasteiger partial charge in [-0.05, 0) is 24.3 Å². The van der Waals surface area contributed by atoms with Crippen LogP contribution >= 0.6 is 0 Å². The van der Waals surface area contributed by atoms with Crippen LogP contribution in [0.1, 0.15) is 29.7 Å². The summed E-state index contributed by atoms with van der Waals surface area (Å²) in [4.78, 5) is 0. The van der Waals surface area contributed by atoms with Crippen molar-refractivity contribution in [1.82, 2.24) is 0 Å². The molecule has 3 rings (SSSR count). The van der Waals surface area contributed by atoms with E-state index in [1.807, 2.05) is 0 Å². The van der Waals surface area contributed by atoms with Crippen molar-refractivity contribution in [3.63, 3.8) is 0 Å². The van der Waals surface area contributed by atoms with Gasteiger partial charge in [-0.1, -0.05) is 0 Å². The summed E-state index contributed by atoms with van der Waals surface area (Å²) in [5, 5.41) is 27.8. The molecule has 0 aliphatic heterocycles. The van der Waals surface area contributed by atoms with Crippen molar-refractivity contribution in [3.8, 4) is 23.6 Å². The number of hydrogen-bond acceptors (Lipinski definition) is 4. The quantitative estimate of drug-likeness (QED) is 0.810. The zero-order valence-corrected chi connectivity index (χ0v) is 12.5. The Bertz CT molecular complexity index is 1040. The molecule has 132 valence electrons. The molecule has 1 aliphatic rings. The van der Waals surface area contributed by atoms with Gasteiger partial charge in [-0.25, -0.2) is 4.39 Å². The SMILES string of the molecule is [2H][C@]1(O)c2c(ccc(Oc3cc(F)cc(C#N)c3)c2C#N)C(F)(F)C1(F)F. The number of ether oxygens (including phenoxy) is 1. The number of fused-ring (bicyclic) bond motifs is 1. The normalized spacial score (nSPS) is 22.7. The van der Waals surface area contributed by atoms with Gasteiger partial charge in [0.15, 0.2) is 6.08 Å². The highest BCUT2D eigenvalue weighted by Gasteiger charge is 2.69. The van der Waals surface area contributed by atoms with E-state index in [-0.39, 0.29) is 11.3 Å². The second-order valence-electron chi connectivity index (χ2n) is 5.36. The molecule has 1 N–H and O–H groups in total. The number of nitrogens with zero attached hydrogens (tertiary/aromatic N) is 2. The van der Waals surface area contributed by atoms with Gasteiger partial charge in [-0.2, -0.15) is 28.1 Å². The van der Waals surface area contributed by atoms with Gasteiger partial charge in [0.1, 0.15) is 28.9 Å². The Morgan fingerprint density at radius 2 is 1.81 bits per heavy atom. The molecule has 9 heteroatoms. The molecule has 0 heterocycles. The highest BCUT2D eigenvalue weighted by atomic mass is 19.3. The van der Waals surface area contributed by atoms with Crippen LogP contribution in [0.5, 0.6) is 11.5 Å². The minimum absolute atomic E-state index is 0.153. The molecule has 26 heavy (non-hydrogen) atoms. The summed E-state index contributed by atoms with van der Waals surface area (Å²) in [6.07, 6.45) is -4.09. The van der Waals surface area contributed by atoms with E-state index in [0.29, 0.717) is 6.07 Å². The van der Waals surface area contributed by atoms with Gasteiger partial charge in [0, 0.05) is 17.2 Å². The van der Waals surface area contributed by atoms with E-state index >= 15 is 0 Å². The van der Waals surface area contributed by atoms with Gasteiger partial charge in [0.25, 0.3) is 0 Å². The Labute approximate surface area is 144 Å². The first-order valence-corrected chi connectivity index (χ1v) is 6.92. The Morgan fingerprint density at radius 3 is 2.42 bits per heavy atom. The fraction of sp³-hybridized carbons (Fsp3) is 0.176. The molecule has 0 bridgehead atoms. The zero-order valence-electron chi connectivity index (χ0n) is 13.5. The van der Waals surface area contributed by atoms with Crippen LogP contribution in [0.25, 0.3) is 0 Å². The zero-order chi connectivity index (χ0) is 20.2. The third-order valence-electron chi connectivity index (χ3n) is 3.77. The average molecular weight is 367 g/mol. The molecule has 1 aliphatic carbocycles. The highest BCUT2D eigenvalue weighted by Crippen LogP contribution is 2.59. The third-order valence-corrected chi connectivity index (χ3v) is 3.77. The Hall–Kier alpha value is -3.17. The van der Waals surface area contributed by atoms with Crippen LogP contribution in [0.15, 0.2) is 30.3 Å². The molecule has 1 atom stereocenters. The number of hydrogen-bond donors (Lipinski definition) is 1. The second kappa shape index (κ2) is 5.68. The number of alkyl halides is 4. The summed E-state index contributed by atoms with van der Waals surface area (Å²) >= 11 is 0. The fourth-order valence-corrected chi connectivity index (χ4v) is 2.58. The number of halogens is 5. The van der Waals surface area contributed by atoms with Crippen LogP contribution in [0.3, 0.4) is 0 Å². The van der Waals surface area contributed by atoms with Crippen molar-refractivity contribution < 1.29 is 33.2 Å². The van der Waals surface area contributed by atoms with Gasteiger partial charge in [-0.15, -0.1) is 0 Å². The molecule has 0 amide bonds. The van der Waals surface area contributed by atoms with Gasteiger partial charge in [0.05, 0.1) is 13.0 Å². The lowest BCUT2D eigenvalue weighted by Gasteiger charge is -2.20. The first-order chi connectivity index (χ1) is 12.5. The molecule has 0 radical (unpaired) electrons. The van der Waals surface area contributed by atoms with Crippen LogP contribution in [-0.4, -0.2) is 11.0 Å². The molecule has 0 unspecified atom stereocenters. The van der Waals surface area contributed by atoms with Gasteiger partial charge in [-0.3, -0.25) is 0 Å². The van der Waals surface area contributed by atoms with E-state index in [0.717, 1.165) is 24.3 Å². The lowest BCUT2D eigenvalue weighted by Crippen LogP contribution is -2.36. The maximum atomic E-state index is 14.0. The Balaban J connectivity index is 2.20. The Morgan fingerprint density at radius 1 is 1.12 bits per heavy atom. The van der Waals surface area contributed by atoms with Crippen molar-refractivity contribution in [2.45, 2.75) is 17.9 Å². The van der Waals surface area contributed by atoms with Crippen LogP contribution in [-0.2, 0) is 5.92 Å². The molecule has 0 spiro atoms. The van der Waals surface area contributed by atoms with Gasteiger partial charge < -0.3 is 9.84 Å². The van der Waals surface area contributed by atoms with Crippen LogP contribution in [0.4, 0.5) is 22.0 Å². The second-order valence-corrected chi connectivity index (χ2v) is 5.36. The smallest absolute Gasteiger partial charge is 0.343 e. The first-order valence-electron chi connectivity index (χ1n) is 7.42. The van der Waals surface area contributed by atoms with E-state index in [2.05, 4.69) is 0 Å². The summed E-state index contributed by atoms with van der Waals surface area (Å²) < 4.78 is 81.8. The largest absolute Gasteiger partial charge is 0.456 e. The van der Waals surface area contributed by atoms with Crippen molar-refractivity contribution in [3.05, 3.63) is 58.4 Å². The van der Waals surface area contributed by atoms with E-state index in [4.69, 9.17) is 11.4 Å². The summed E-state index contributed by atoms with van der Waals surface area (Å²) in [6.45, 7) is 0. The average Bonchev–Trinajstić information content (AvgIpc) is 2.69. The maximum Gasteiger partial charge on any atom is 0.343 e. The van der Waals surface area contributed by atoms with Gasteiger partial charge in [0.2, 0.25) is 0 Å². The fourth-order valence-electron chi connectivity index (χ4n) is 2.58. The lowest BCUT2D eigenvalue weighted by molar-refractivity contribution is -0.246. The van der Waals surface area contributed by atoms with E-state index in [1.165, 1.54) is 6.07 Å². The number of aliphatic hydroxyl groups is 1. The van der Waals surface area contributed by atoms with E-state index < -0.39 is 46.2 Å². The van der Waals surface area contributed by atoms with Crippen molar-refractivity contribution in [1.29, 1.82) is 10.5 Å². The molecule has 2 aromatic rings. The highest BCUT2D eigenvalue weighted by molar-refractivity contribution is 5.59. The minimum Gasteiger partial charge on any atom is -0.456 e. The summed E-state index contributed by atoms with van der Waals surface area (Å²) in [7, 11) is 0. The van der Waals surface area contributed by atoms with E-state index in [9.17, 15) is 32.3 Å². The number of nitriles is 2. The number of rotatable bonds is 2. The summed E-state index contributed by atoms with van der Waals surface area (Å²) in [5.74, 6) is -11.8. The summed E-state index contributed by atoms with van der Waals surface area (Å²) in [5.41, 5.74) is -3.76. The lowest BCUT2D eigenvalue weighted by atomic mass is 10.0. The predicted octanol–water partition coefficient (Wildman–Crippen LogP) is 4.14. The van der Waals surface area contributed by atoms with Crippen LogP contribution < -0.4 is 4.74 Å². The molecule has 2 aromatic carbocycles. The number of benzene rings is 2. The maximum absolute atomic E-state index is 14.0. The monoisotopic (exact) mass is 367 g/mol. The molecule has 0 aromatic heterocycles. The molecule has 0 saturated carbocycles. The first kappa shape index (κ1) is 16.3. The third kappa shape index (κ3) is 2.37. The molecular weight excluding hydrogens is 359 g/mol. The Kier molecular flexibility index (Phi) is 3.56. The van der Waals surface area contributed by atoms with Crippen molar-refractivity contribution in [2.24, 2.45) is 0 Å². The van der Waals surface area contributed by atoms with Crippen molar-refractivity contribution >= 4 is 0 Å². The minimum atomic E-state index is -5.20. The topological polar surface area (TPSA) is 77.0 Å². The molecule has 0 fully saturated rings. The molecular formula is C17H7F5N2O2. The van der Waals surface area contributed by atoms with Crippen molar-refractivity contribution in [2.75, 3.05) is 0 Å². The van der Waals surface area contributed by atoms with Crippen LogP contribution in [0.2, 0.25) is 0 Å². The van der Waals surface area contributed by atoms with Gasteiger partial charge >= 0.3 is 11.8 Å². The summed E-state index contributed by atoms with van der Waals surface area (Å²) in [6, 6.07) is 7.02. The standard InChI is InChI=1S/C17H7F5N2O2/c18-9-3-8(6-23)4-10(5-9)26-13-2-1-12-14(11(13)7-24)15(25)17(21,22)16(12,19)20/h1-5,15,25H/t15-/m0/s1/i15D. The molecule has 0 saturated heterocycles. The van der Waals surface area contributed by atoms with E-state index in [1.54, 1.807) is 6.07 Å².